The number of aromatic nitrogens is 1. The van der Waals surface area contributed by atoms with Gasteiger partial charge < -0.3 is 14.3 Å². The highest BCUT2D eigenvalue weighted by Crippen LogP contribution is 2.16. The van der Waals surface area contributed by atoms with Crippen LogP contribution < -0.4 is 10.9 Å². The number of carbonyl (C=O) groups is 1. The molecule has 0 radical (unpaired) electrons. The van der Waals surface area contributed by atoms with Crippen LogP contribution in [0.4, 0.5) is 10.1 Å². The van der Waals surface area contributed by atoms with Crippen LogP contribution in [0, 0.1) is 12.7 Å². The van der Waals surface area contributed by atoms with Crippen LogP contribution in [-0.2, 0) is 6.54 Å². The number of anilines is 1. The van der Waals surface area contributed by atoms with Gasteiger partial charge in [-0.05, 0) is 42.8 Å². The summed E-state index contributed by atoms with van der Waals surface area (Å²) in [6.07, 6.45) is 1.64. The number of nitrogens with zero attached hydrogens (tertiary/aromatic N) is 1. The Morgan fingerprint density at radius 1 is 1.21 bits per heavy atom. The van der Waals surface area contributed by atoms with Crippen molar-refractivity contribution in [1.82, 2.24) is 4.57 Å². The Morgan fingerprint density at radius 2 is 2.04 bits per heavy atom. The average molecular weight is 326 g/mol. The largest absolute Gasteiger partial charge is 0.454 e. The molecule has 0 aliphatic heterocycles. The van der Waals surface area contributed by atoms with Gasteiger partial charge in [-0.25, -0.2) is 4.39 Å². The molecule has 0 atom stereocenters. The van der Waals surface area contributed by atoms with Crippen LogP contribution in [-0.4, -0.2) is 10.5 Å². The molecule has 24 heavy (non-hydrogen) atoms. The van der Waals surface area contributed by atoms with Crippen LogP contribution in [0.2, 0.25) is 0 Å². The average Bonchev–Trinajstić information content (AvgIpc) is 3.02. The van der Waals surface area contributed by atoms with Gasteiger partial charge in [-0.1, -0.05) is 12.1 Å². The molecule has 0 aliphatic carbocycles. The fraction of sp³-hybridized carbons (Fsp3) is 0.111. The molecule has 0 saturated carbocycles. The van der Waals surface area contributed by atoms with Gasteiger partial charge in [0.2, 0.25) is 0 Å². The highest BCUT2D eigenvalue weighted by molar-refractivity contribution is 6.02. The van der Waals surface area contributed by atoms with E-state index in [1.807, 2.05) is 0 Å². The first-order valence-electron chi connectivity index (χ1n) is 7.34. The molecule has 3 rings (SSSR count). The lowest BCUT2D eigenvalue weighted by Crippen LogP contribution is -2.18. The minimum Gasteiger partial charge on any atom is -0.454 e. The van der Waals surface area contributed by atoms with Crippen molar-refractivity contribution in [2.45, 2.75) is 13.5 Å². The van der Waals surface area contributed by atoms with Crippen molar-refractivity contribution in [3.8, 4) is 0 Å². The molecule has 0 saturated heterocycles. The van der Waals surface area contributed by atoms with Gasteiger partial charge in [0.25, 0.3) is 11.5 Å². The zero-order chi connectivity index (χ0) is 17.1. The van der Waals surface area contributed by atoms with Gasteiger partial charge in [-0.15, -0.1) is 0 Å². The summed E-state index contributed by atoms with van der Waals surface area (Å²) in [5.41, 5.74) is 0.692. The third-order valence-corrected chi connectivity index (χ3v) is 3.54. The maximum absolute atomic E-state index is 13.5. The summed E-state index contributed by atoms with van der Waals surface area (Å²) < 4.78 is 20.4. The number of amides is 1. The number of halogens is 1. The second-order valence-corrected chi connectivity index (χ2v) is 5.35. The lowest BCUT2D eigenvalue weighted by Gasteiger charge is -2.05. The van der Waals surface area contributed by atoms with E-state index in [2.05, 4.69) is 5.32 Å². The fourth-order valence-electron chi connectivity index (χ4n) is 2.21. The monoisotopic (exact) mass is 326 g/mol. The van der Waals surface area contributed by atoms with E-state index >= 15 is 0 Å². The van der Waals surface area contributed by atoms with E-state index in [0.29, 0.717) is 17.0 Å². The third-order valence-electron chi connectivity index (χ3n) is 3.54. The third kappa shape index (κ3) is 3.43. The molecule has 122 valence electrons. The second-order valence-electron chi connectivity index (χ2n) is 5.35. The minimum absolute atomic E-state index is 0.0926. The molecular formula is C18H15FN2O3. The number of hydrogen-bond donors (Lipinski definition) is 1. The molecule has 0 spiro atoms. The standard InChI is InChI=1S/C18H15FN2O3/c1-12-5-6-13(10-15(12)19)20-18(23)16-8-7-14(24-16)11-21-9-3-2-4-17(21)22/h2-10H,11H2,1H3,(H,20,23). The molecule has 5 nitrogen and oxygen atoms in total. The van der Waals surface area contributed by atoms with E-state index in [4.69, 9.17) is 4.42 Å². The Hall–Kier alpha value is -3.15. The summed E-state index contributed by atoms with van der Waals surface area (Å²) in [4.78, 5) is 23.8. The highest BCUT2D eigenvalue weighted by Gasteiger charge is 2.12. The lowest BCUT2D eigenvalue weighted by atomic mass is 10.2. The maximum atomic E-state index is 13.5. The number of benzene rings is 1. The minimum atomic E-state index is -0.482. The van der Waals surface area contributed by atoms with Crippen LogP contribution in [0.15, 0.2) is 63.9 Å². The highest BCUT2D eigenvalue weighted by atomic mass is 19.1. The Bertz CT molecular complexity index is 943. The van der Waals surface area contributed by atoms with Crippen molar-refractivity contribution in [3.05, 3.63) is 88.0 Å². The number of pyridine rings is 1. The Kier molecular flexibility index (Phi) is 4.29. The van der Waals surface area contributed by atoms with E-state index < -0.39 is 11.7 Å². The second kappa shape index (κ2) is 6.54. The Balaban J connectivity index is 1.73. The smallest absolute Gasteiger partial charge is 0.291 e. The molecule has 3 aromatic rings. The van der Waals surface area contributed by atoms with Gasteiger partial charge in [-0.3, -0.25) is 9.59 Å². The Morgan fingerprint density at radius 3 is 2.79 bits per heavy atom. The summed E-state index contributed by atoms with van der Waals surface area (Å²) in [6, 6.07) is 12.4. The van der Waals surface area contributed by atoms with Gasteiger partial charge in [0.05, 0.1) is 6.54 Å². The topological polar surface area (TPSA) is 64.2 Å². The summed E-state index contributed by atoms with van der Waals surface area (Å²) in [5.74, 6) is -0.306. The number of hydrogen-bond acceptors (Lipinski definition) is 3. The van der Waals surface area contributed by atoms with Gasteiger partial charge in [0.1, 0.15) is 11.6 Å². The molecular weight excluding hydrogens is 311 g/mol. The van der Waals surface area contributed by atoms with Gasteiger partial charge in [0, 0.05) is 18.0 Å². The van der Waals surface area contributed by atoms with Crippen molar-refractivity contribution in [1.29, 1.82) is 0 Å². The molecule has 6 heteroatoms. The van der Waals surface area contributed by atoms with E-state index in [-0.39, 0.29) is 17.9 Å². The molecule has 0 aliphatic rings. The van der Waals surface area contributed by atoms with Gasteiger partial charge in [0.15, 0.2) is 5.76 Å². The Labute approximate surface area is 137 Å². The van der Waals surface area contributed by atoms with Crippen LogP contribution in [0.1, 0.15) is 21.9 Å². The van der Waals surface area contributed by atoms with Crippen molar-refractivity contribution in [2.75, 3.05) is 5.32 Å². The molecule has 2 heterocycles. The zero-order valence-electron chi connectivity index (χ0n) is 13.0. The van der Waals surface area contributed by atoms with Crippen LogP contribution >= 0.6 is 0 Å². The predicted molar refractivity (Wildman–Crippen MR) is 87.6 cm³/mol. The maximum Gasteiger partial charge on any atom is 0.291 e. The normalized spacial score (nSPS) is 10.6. The summed E-state index contributed by atoms with van der Waals surface area (Å²) >= 11 is 0. The van der Waals surface area contributed by atoms with E-state index in [9.17, 15) is 14.0 Å². The number of carbonyl (C=O) groups excluding carboxylic acids is 1. The molecule has 0 bridgehead atoms. The SMILES string of the molecule is Cc1ccc(NC(=O)c2ccc(Cn3ccccc3=O)o2)cc1F. The number of furan rings is 1. The van der Waals surface area contributed by atoms with Crippen LogP contribution in [0.5, 0.6) is 0 Å². The molecule has 1 amide bonds. The van der Waals surface area contributed by atoms with E-state index in [1.165, 1.54) is 22.8 Å². The summed E-state index contributed by atoms with van der Waals surface area (Å²) in [7, 11) is 0. The van der Waals surface area contributed by atoms with Crippen molar-refractivity contribution < 1.29 is 13.6 Å². The summed E-state index contributed by atoms with van der Waals surface area (Å²) in [5, 5.41) is 2.57. The number of nitrogens with one attached hydrogen (secondary N) is 1. The quantitative estimate of drug-likeness (QED) is 0.801. The number of rotatable bonds is 4. The zero-order valence-corrected chi connectivity index (χ0v) is 13.0. The first-order valence-corrected chi connectivity index (χ1v) is 7.34. The fourth-order valence-corrected chi connectivity index (χ4v) is 2.21. The van der Waals surface area contributed by atoms with Crippen LogP contribution in [0.25, 0.3) is 0 Å². The molecule has 1 N–H and O–H groups in total. The first kappa shape index (κ1) is 15.7. The molecule has 0 fully saturated rings. The van der Waals surface area contributed by atoms with Crippen LogP contribution in [0.3, 0.4) is 0 Å². The van der Waals surface area contributed by atoms with Crippen molar-refractivity contribution in [3.63, 3.8) is 0 Å². The first-order chi connectivity index (χ1) is 11.5. The lowest BCUT2D eigenvalue weighted by molar-refractivity contribution is 0.0994. The van der Waals surface area contributed by atoms with E-state index in [0.717, 1.165) is 0 Å². The molecule has 2 aromatic heterocycles. The number of aryl methyl sites for hydroxylation is 1. The van der Waals surface area contributed by atoms with Crippen molar-refractivity contribution in [2.24, 2.45) is 0 Å². The van der Waals surface area contributed by atoms with Crippen molar-refractivity contribution >= 4 is 11.6 Å². The molecule has 1 aromatic carbocycles. The predicted octanol–water partition coefficient (Wildman–Crippen LogP) is 3.19. The van der Waals surface area contributed by atoms with E-state index in [1.54, 1.807) is 43.5 Å². The van der Waals surface area contributed by atoms with Gasteiger partial charge >= 0.3 is 0 Å². The summed E-state index contributed by atoms with van der Waals surface area (Å²) in [6.45, 7) is 1.87. The molecule has 0 unspecified atom stereocenters. The van der Waals surface area contributed by atoms with Gasteiger partial charge in [-0.2, -0.15) is 0 Å².